The number of imidazole rings is 1. The number of amides is 2. The highest BCUT2D eigenvalue weighted by Crippen LogP contribution is 2.25. The lowest BCUT2D eigenvalue weighted by Crippen LogP contribution is -2.35. The van der Waals surface area contributed by atoms with E-state index in [9.17, 15) is 9.59 Å². The number of aryl methyl sites for hydroxylation is 2. The molecule has 0 saturated heterocycles. The van der Waals surface area contributed by atoms with Gasteiger partial charge in [0.1, 0.15) is 12.4 Å². The molecule has 1 aliphatic rings. The van der Waals surface area contributed by atoms with Crippen LogP contribution in [0.2, 0.25) is 0 Å². The van der Waals surface area contributed by atoms with Gasteiger partial charge in [-0.1, -0.05) is 30.3 Å². The van der Waals surface area contributed by atoms with Gasteiger partial charge in [0, 0.05) is 27.6 Å². The first-order valence-electron chi connectivity index (χ1n) is 8.10. The zero-order chi connectivity index (χ0) is 17.3. The maximum Gasteiger partial charge on any atom is 0.274 e. The van der Waals surface area contributed by atoms with Crippen molar-refractivity contribution in [1.82, 2.24) is 14.5 Å². The number of hydrogen-bond donors (Lipinski definition) is 0. The zero-order valence-corrected chi connectivity index (χ0v) is 14.3. The van der Waals surface area contributed by atoms with Crippen molar-refractivity contribution < 1.29 is 9.59 Å². The van der Waals surface area contributed by atoms with Crippen LogP contribution in [-0.2, 0) is 24.7 Å². The molecule has 2 aromatic rings. The number of likely N-dealkylation sites (N-methyl/N-ethyl adjacent to an activating group) is 2. The summed E-state index contributed by atoms with van der Waals surface area (Å²) >= 11 is 0. The molecule has 0 bridgehead atoms. The topological polar surface area (TPSA) is 58.4 Å². The largest absolute Gasteiger partial charge is 0.331 e. The number of aromatic nitrogens is 2. The highest BCUT2D eigenvalue weighted by atomic mass is 16.2. The first-order valence-corrected chi connectivity index (χ1v) is 8.10. The third kappa shape index (κ3) is 2.91. The van der Waals surface area contributed by atoms with E-state index in [0.29, 0.717) is 11.5 Å². The van der Waals surface area contributed by atoms with Crippen LogP contribution >= 0.6 is 0 Å². The maximum absolute atomic E-state index is 12.5. The lowest BCUT2D eigenvalue weighted by molar-refractivity contribution is -0.118. The molecule has 0 radical (unpaired) electrons. The fourth-order valence-corrected chi connectivity index (χ4v) is 3.00. The third-order valence-corrected chi connectivity index (χ3v) is 4.49. The van der Waals surface area contributed by atoms with Crippen LogP contribution in [0, 0.1) is 0 Å². The molecule has 1 aromatic carbocycles. The highest BCUT2D eigenvalue weighted by molar-refractivity contribution is 6.07. The Morgan fingerprint density at radius 1 is 1.04 bits per heavy atom. The average Bonchev–Trinajstić information content (AvgIpc) is 2.87. The minimum absolute atomic E-state index is 0.0784. The van der Waals surface area contributed by atoms with Crippen molar-refractivity contribution in [2.24, 2.45) is 7.05 Å². The minimum atomic E-state index is -0.160. The molecule has 24 heavy (non-hydrogen) atoms. The second kappa shape index (κ2) is 6.47. The Morgan fingerprint density at radius 3 is 2.46 bits per heavy atom. The summed E-state index contributed by atoms with van der Waals surface area (Å²) in [7, 11) is 5.17. The molecule has 2 heterocycles. The van der Waals surface area contributed by atoms with Gasteiger partial charge in [-0.3, -0.25) is 14.5 Å². The molecule has 2 amide bonds. The first kappa shape index (κ1) is 16.2. The lowest BCUT2D eigenvalue weighted by Gasteiger charge is -2.15. The number of carbonyl (C=O) groups excluding carboxylic acids is 2. The summed E-state index contributed by atoms with van der Waals surface area (Å²) in [5.74, 6) is 1.01. The molecule has 0 saturated carbocycles. The third-order valence-electron chi connectivity index (χ3n) is 4.49. The standard InChI is InChI=1S/C18H22N4O2/c1-20-12-15(23)22(3)17-16(18(20)24)21(2)14(19-17)11-7-10-13-8-5-4-6-9-13/h4-6,8-9H,7,10-12H2,1-3H3. The number of carbonyl (C=O) groups is 2. The first-order chi connectivity index (χ1) is 11.5. The molecular weight excluding hydrogens is 304 g/mol. The number of benzene rings is 1. The Labute approximate surface area is 141 Å². The van der Waals surface area contributed by atoms with Crippen LogP contribution in [0.4, 0.5) is 5.82 Å². The van der Waals surface area contributed by atoms with E-state index in [1.54, 1.807) is 14.1 Å². The fraction of sp³-hybridized carbons (Fsp3) is 0.389. The van der Waals surface area contributed by atoms with E-state index in [1.807, 2.05) is 29.8 Å². The van der Waals surface area contributed by atoms with Gasteiger partial charge in [-0.05, 0) is 18.4 Å². The van der Waals surface area contributed by atoms with Crippen LogP contribution in [0.5, 0.6) is 0 Å². The number of rotatable bonds is 4. The summed E-state index contributed by atoms with van der Waals surface area (Å²) in [4.78, 5) is 32.2. The van der Waals surface area contributed by atoms with E-state index in [-0.39, 0.29) is 18.4 Å². The zero-order valence-electron chi connectivity index (χ0n) is 14.3. The molecule has 1 aliphatic heterocycles. The van der Waals surface area contributed by atoms with E-state index in [1.165, 1.54) is 15.4 Å². The molecular formula is C18H22N4O2. The maximum atomic E-state index is 12.5. The smallest absolute Gasteiger partial charge is 0.274 e. The van der Waals surface area contributed by atoms with Crippen LogP contribution in [0.15, 0.2) is 30.3 Å². The van der Waals surface area contributed by atoms with Crippen LogP contribution in [-0.4, -0.2) is 46.9 Å². The second-order valence-electron chi connectivity index (χ2n) is 6.21. The molecule has 0 spiro atoms. The Hall–Kier alpha value is -2.63. The van der Waals surface area contributed by atoms with Crippen molar-refractivity contribution in [3.63, 3.8) is 0 Å². The summed E-state index contributed by atoms with van der Waals surface area (Å²) in [5.41, 5.74) is 1.77. The summed E-state index contributed by atoms with van der Waals surface area (Å²) in [6, 6.07) is 10.3. The van der Waals surface area contributed by atoms with Gasteiger partial charge < -0.3 is 9.47 Å². The Bertz CT molecular complexity index is 767. The number of hydrogen-bond acceptors (Lipinski definition) is 3. The molecule has 1 aromatic heterocycles. The van der Waals surface area contributed by atoms with Crippen molar-refractivity contribution in [2.75, 3.05) is 25.5 Å². The normalized spacial score (nSPS) is 14.8. The molecule has 126 valence electrons. The van der Waals surface area contributed by atoms with Gasteiger partial charge in [-0.2, -0.15) is 0 Å². The molecule has 0 aliphatic carbocycles. The molecule has 0 N–H and O–H groups in total. The van der Waals surface area contributed by atoms with Gasteiger partial charge in [0.15, 0.2) is 11.5 Å². The van der Waals surface area contributed by atoms with Crippen molar-refractivity contribution in [1.29, 1.82) is 0 Å². The molecule has 3 rings (SSSR count). The van der Waals surface area contributed by atoms with E-state index in [4.69, 9.17) is 0 Å². The summed E-state index contributed by atoms with van der Waals surface area (Å²) in [6.45, 7) is 0.0784. The molecule has 0 fully saturated rings. The Balaban J connectivity index is 1.81. The van der Waals surface area contributed by atoms with Crippen molar-refractivity contribution in [3.8, 4) is 0 Å². The number of fused-ring (bicyclic) bond motifs is 1. The minimum Gasteiger partial charge on any atom is -0.331 e. The van der Waals surface area contributed by atoms with Crippen LogP contribution in [0.1, 0.15) is 28.3 Å². The van der Waals surface area contributed by atoms with Gasteiger partial charge >= 0.3 is 0 Å². The van der Waals surface area contributed by atoms with Crippen LogP contribution < -0.4 is 4.90 Å². The predicted octanol–water partition coefficient (Wildman–Crippen LogP) is 1.64. The molecule has 6 nitrogen and oxygen atoms in total. The average molecular weight is 326 g/mol. The predicted molar refractivity (Wildman–Crippen MR) is 92.0 cm³/mol. The van der Waals surface area contributed by atoms with E-state index >= 15 is 0 Å². The van der Waals surface area contributed by atoms with Gasteiger partial charge in [-0.25, -0.2) is 4.98 Å². The van der Waals surface area contributed by atoms with Gasteiger partial charge in [0.05, 0.1) is 0 Å². The summed E-state index contributed by atoms with van der Waals surface area (Å²) < 4.78 is 1.83. The van der Waals surface area contributed by atoms with Crippen LogP contribution in [0.3, 0.4) is 0 Å². The second-order valence-corrected chi connectivity index (χ2v) is 6.21. The monoisotopic (exact) mass is 326 g/mol. The van der Waals surface area contributed by atoms with E-state index in [2.05, 4.69) is 17.1 Å². The van der Waals surface area contributed by atoms with Crippen molar-refractivity contribution in [3.05, 3.63) is 47.4 Å². The SMILES string of the molecule is CN1CC(=O)N(C)c2nc(CCCc3ccccc3)n(C)c2C1=O. The fourth-order valence-electron chi connectivity index (χ4n) is 3.00. The number of nitrogens with zero attached hydrogens (tertiary/aromatic N) is 4. The molecule has 6 heteroatoms. The Morgan fingerprint density at radius 2 is 1.75 bits per heavy atom. The van der Waals surface area contributed by atoms with Gasteiger partial charge in [-0.15, -0.1) is 0 Å². The van der Waals surface area contributed by atoms with Crippen molar-refractivity contribution in [2.45, 2.75) is 19.3 Å². The van der Waals surface area contributed by atoms with Crippen LogP contribution in [0.25, 0.3) is 0 Å². The lowest BCUT2D eigenvalue weighted by atomic mass is 10.1. The highest BCUT2D eigenvalue weighted by Gasteiger charge is 2.32. The van der Waals surface area contributed by atoms with E-state index in [0.717, 1.165) is 25.1 Å². The summed E-state index contributed by atoms with van der Waals surface area (Å²) in [5, 5.41) is 0. The summed E-state index contributed by atoms with van der Waals surface area (Å²) in [6.07, 6.45) is 2.66. The quantitative estimate of drug-likeness (QED) is 0.858. The van der Waals surface area contributed by atoms with Gasteiger partial charge in [0.25, 0.3) is 5.91 Å². The number of anilines is 1. The molecule has 0 unspecified atom stereocenters. The van der Waals surface area contributed by atoms with Gasteiger partial charge in [0.2, 0.25) is 5.91 Å². The van der Waals surface area contributed by atoms with Crippen molar-refractivity contribution >= 4 is 17.6 Å². The Kier molecular flexibility index (Phi) is 4.38. The van der Waals surface area contributed by atoms with E-state index < -0.39 is 0 Å². The molecule has 0 atom stereocenters.